The number of urea groups is 1. The van der Waals surface area contributed by atoms with Gasteiger partial charge in [-0.1, -0.05) is 0 Å². The number of ether oxygens (including phenoxy) is 1. The van der Waals surface area contributed by atoms with Crippen LogP contribution in [0.5, 0.6) is 5.88 Å². The summed E-state index contributed by atoms with van der Waals surface area (Å²) in [5.41, 5.74) is 0.667. The van der Waals surface area contributed by atoms with Crippen LogP contribution in [0.1, 0.15) is 6.92 Å². The topological polar surface area (TPSA) is 132 Å². The van der Waals surface area contributed by atoms with Crippen LogP contribution in [0.3, 0.4) is 0 Å². The molecule has 2 rings (SSSR count). The van der Waals surface area contributed by atoms with Gasteiger partial charge < -0.3 is 20.3 Å². The molecule has 0 saturated carbocycles. The Morgan fingerprint density at radius 3 is 3.00 bits per heavy atom. The number of aliphatic hydroxyl groups is 2. The van der Waals surface area contributed by atoms with Gasteiger partial charge in [-0.3, -0.25) is 10.4 Å². The molecule has 9 nitrogen and oxygen atoms in total. The average Bonchev–Trinajstić information content (AvgIpc) is 2.88. The Bertz CT molecular complexity index is 629. The van der Waals surface area contributed by atoms with Gasteiger partial charge in [-0.15, -0.1) is 5.10 Å². The average molecular weight is 295 g/mol. The van der Waals surface area contributed by atoms with Gasteiger partial charge in [0.2, 0.25) is 5.88 Å². The zero-order valence-corrected chi connectivity index (χ0v) is 11.6. The van der Waals surface area contributed by atoms with Gasteiger partial charge in [0.15, 0.2) is 0 Å². The van der Waals surface area contributed by atoms with Crippen molar-refractivity contribution in [1.82, 2.24) is 20.5 Å². The zero-order chi connectivity index (χ0) is 15.4. The molecule has 9 heteroatoms. The van der Waals surface area contributed by atoms with Gasteiger partial charge >= 0.3 is 6.03 Å². The van der Waals surface area contributed by atoms with E-state index in [0.29, 0.717) is 22.6 Å². The first-order chi connectivity index (χ1) is 10.0. The predicted molar refractivity (Wildman–Crippen MR) is 75.1 cm³/mol. The summed E-state index contributed by atoms with van der Waals surface area (Å²) in [6.07, 6.45) is 0.502. The van der Waals surface area contributed by atoms with Crippen LogP contribution >= 0.6 is 0 Å². The number of hydrogen-bond acceptors (Lipinski definition) is 6. The fourth-order valence-electron chi connectivity index (χ4n) is 1.73. The highest BCUT2D eigenvalue weighted by Crippen LogP contribution is 2.22. The maximum atomic E-state index is 11.7. The minimum Gasteiger partial charge on any atom is -0.479 e. The molecule has 2 amide bonds. The van der Waals surface area contributed by atoms with Crippen molar-refractivity contribution >= 4 is 22.8 Å². The van der Waals surface area contributed by atoms with Crippen molar-refractivity contribution in [3.8, 4) is 5.88 Å². The van der Waals surface area contributed by atoms with E-state index < -0.39 is 24.8 Å². The minimum absolute atomic E-state index is 0.317. The Hall–Kier alpha value is -2.39. The Kier molecular flexibility index (Phi) is 4.55. The SMILES string of the molecule is COc1n[nH]c2cc(NC(=O)N[C@@H](C)[C@H](O)CO)ncc12. The number of pyridine rings is 1. The van der Waals surface area contributed by atoms with E-state index in [0.717, 1.165) is 0 Å². The monoisotopic (exact) mass is 295 g/mol. The Morgan fingerprint density at radius 1 is 1.57 bits per heavy atom. The van der Waals surface area contributed by atoms with Crippen molar-refractivity contribution in [3.63, 3.8) is 0 Å². The lowest BCUT2D eigenvalue weighted by molar-refractivity contribution is 0.0713. The van der Waals surface area contributed by atoms with Crippen LogP contribution in [0.2, 0.25) is 0 Å². The van der Waals surface area contributed by atoms with Crippen LogP contribution in [0.4, 0.5) is 10.6 Å². The maximum absolute atomic E-state index is 11.7. The van der Waals surface area contributed by atoms with E-state index in [4.69, 9.17) is 9.84 Å². The highest BCUT2D eigenvalue weighted by molar-refractivity contribution is 5.92. The van der Waals surface area contributed by atoms with Crippen molar-refractivity contribution < 1.29 is 19.7 Å². The number of methoxy groups -OCH3 is 1. The van der Waals surface area contributed by atoms with Crippen molar-refractivity contribution in [3.05, 3.63) is 12.3 Å². The van der Waals surface area contributed by atoms with Crippen molar-refractivity contribution in [2.24, 2.45) is 0 Å². The molecule has 0 bridgehead atoms. The summed E-state index contributed by atoms with van der Waals surface area (Å²) in [7, 11) is 1.50. The van der Waals surface area contributed by atoms with E-state index in [1.54, 1.807) is 13.0 Å². The van der Waals surface area contributed by atoms with Crippen LogP contribution in [-0.2, 0) is 0 Å². The summed E-state index contributed by atoms with van der Waals surface area (Å²) >= 11 is 0. The fourth-order valence-corrected chi connectivity index (χ4v) is 1.73. The number of rotatable bonds is 5. The number of aliphatic hydroxyl groups excluding tert-OH is 2. The van der Waals surface area contributed by atoms with Gasteiger partial charge in [-0.25, -0.2) is 9.78 Å². The molecule has 5 N–H and O–H groups in total. The zero-order valence-electron chi connectivity index (χ0n) is 11.6. The lowest BCUT2D eigenvalue weighted by atomic mass is 10.2. The molecule has 0 spiro atoms. The predicted octanol–water partition coefficient (Wildman–Crippen LogP) is -0.170. The molecule has 2 heterocycles. The number of hydrogen-bond donors (Lipinski definition) is 5. The van der Waals surface area contributed by atoms with Crippen molar-refractivity contribution in [1.29, 1.82) is 0 Å². The number of nitrogens with zero attached hydrogens (tertiary/aromatic N) is 2. The molecule has 0 aliphatic carbocycles. The first-order valence-electron chi connectivity index (χ1n) is 6.29. The number of anilines is 1. The van der Waals surface area contributed by atoms with Crippen LogP contribution in [0.25, 0.3) is 10.9 Å². The largest absolute Gasteiger partial charge is 0.479 e. The highest BCUT2D eigenvalue weighted by Gasteiger charge is 2.16. The first kappa shape index (κ1) is 15.0. The second kappa shape index (κ2) is 6.37. The quantitative estimate of drug-likeness (QED) is 0.520. The lowest BCUT2D eigenvalue weighted by Gasteiger charge is -2.18. The lowest BCUT2D eigenvalue weighted by Crippen LogP contribution is -2.44. The van der Waals surface area contributed by atoms with Gasteiger partial charge in [0, 0.05) is 12.3 Å². The number of aromatic nitrogens is 3. The smallest absolute Gasteiger partial charge is 0.320 e. The van der Waals surface area contributed by atoms with E-state index in [2.05, 4.69) is 25.8 Å². The van der Waals surface area contributed by atoms with Gasteiger partial charge in [-0.05, 0) is 6.92 Å². The molecule has 0 aliphatic heterocycles. The summed E-state index contributed by atoms with van der Waals surface area (Å²) < 4.78 is 5.05. The third-order valence-corrected chi connectivity index (χ3v) is 2.97. The molecule has 114 valence electrons. The van der Waals surface area contributed by atoms with Crippen LogP contribution in [-0.4, -0.2) is 57.3 Å². The van der Waals surface area contributed by atoms with E-state index in [1.807, 2.05) is 0 Å². The van der Waals surface area contributed by atoms with Crippen molar-refractivity contribution in [2.75, 3.05) is 19.0 Å². The van der Waals surface area contributed by atoms with Crippen LogP contribution < -0.4 is 15.4 Å². The maximum Gasteiger partial charge on any atom is 0.320 e. The highest BCUT2D eigenvalue weighted by atomic mass is 16.5. The fraction of sp³-hybridized carbons (Fsp3) is 0.417. The van der Waals surface area contributed by atoms with Gasteiger partial charge in [0.05, 0.1) is 36.8 Å². The molecule has 2 aromatic rings. The number of carbonyl (C=O) groups excluding carboxylic acids is 1. The van der Waals surface area contributed by atoms with Crippen LogP contribution in [0, 0.1) is 0 Å². The number of nitrogens with one attached hydrogen (secondary N) is 3. The van der Waals surface area contributed by atoms with Gasteiger partial charge in [0.1, 0.15) is 5.82 Å². The first-order valence-corrected chi connectivity index (χ1v) is 6.29. The number of fused-ring (bicyclic) bond motifs is 1. The summed E-state index contributed by atoms with van der Waals surface area (Å²) in [6, 6.07) is 0.483. The standard InChI is InChI=1S/C12H17N5O4/c1-6(9(19)5-18)14-12(20)15-10-3-8-7(4-13-10)11(21-2)17-16-8/h3-4,6,9,18-19H,5H2,1-2H3,(H,16,17)(H2,13,14,15,20)/t6-,9+/m0/s1. The second-order valence-electron chi connectivity index (χ2n) is 4.49. The third kappa shape index (κ3) is 3.38. The van der Waals surface area contributed by atoms with Crippen molar-refractivity contribution in [2.45, 2.75) is 19.1 Å². The number of H-pyrrole nitrogens is 1. The van der Waals surface area contributed by atoms with Gasteiger partial charge in [-0.2, -0.15) is 0 Å². The second-order valence-corrected chi connectivity index (χ2v) is 4.49. The molecule has 0 unspecified atom stereocenters. The number of amides is 2. The molecular weight excluding hydrogens is 278 g/mol. The Morgan fingerprint density at radius 2 is 2.33 bits per heavy atom. The van der Waals surface area contributed by atoms with E-state index >= 15 is 0 Å². The molecule has 0 fully saturated rings. The molecular formula is C12H17N5O4. The van der Waals surface area contributed by atoms with E-state index in [-0.39, 0.29) is 0 Å². The molecule has 0 aromatic carbocycles. The third-order valence-electron chi connectivity index (χ3n) is 2.97. The van der Waals surface area contributed by atoms with Crippen LogP contribution in [0.15, 0.2) is 12.3 Å². The molecule has 0 saturated heterocycles. The summed E-state index contributed by atoms with van der Waals surface area (Å²) in [6.45, 7) is 1.15. The van der Waals surface area contributed by atoms with E-state index in [1.165, 1.54) is 13.3 Å². The minimum atomic E-state index is -1.02. The summed E-state index contributed by atoms with van der Waals surface area (Å²) in [5, 5.41) is 30.6. The molecule has 2 aromatic heterocycles. The number of carbonyl (C=O) groups is 1. The summed E-state index contributed by atoms with van der Waals surface area (Å²) in [4.78, 5) is 15.8. The Balaban J connectivity index is 2.04. The van der Waals surface area contributed by atoms with E-state index in [9.17, 15) is 9.90 Å². The molecule has 0 radical (unpaired) electrons. The summed E-state index contributed by atoms with van der Waals surface area (Å²) in [5.74, 6) is 0.741. The molecule has 2 atom stereocenters. The Labute approximate surface area is 120 Å². The van der Waals surface area contributed by atoms with Gasteiger partial charge in [0.25, 0.3) is 0 Å². The molecule has 0 aliphatic rings. The normalized spacial score (nSPS) is 13.7. The number of aromatic amines is 1. The molecule has 21 heavy (non-hydrogen) atoms.